The van der Waals surface area contributed by atoms with Gasteiger partial charge in [0.25, 0.3) is 0 Å². The molecule has 78 valence electrons. The molecule has 0 aromatic heterocycles. The number of fused-ring (bicyclic) bond motifs is 1. The van der Waals surface area contributed by atoms with Crippen molar-refractivity contribution < 1.29 is 15.7 Å². The lowest BCUT2D eigenvalue weighted by molar-refractivity contribution is 0.0249. The molecule has 13 heavy (non-hydrogen) atoms. The van der Waals surface area contributed by atoms with E-state index in [0.717, 1.165) is 25.7 Å². The van der Waals surface area contributed by atoms with Gasteiger partial charge in [-0.05, 0) is 51.4 Å². The van der Waals surface area contributed by atoms with Crippen molar-refractivity contribution in [3.8, 4) is 0 Å². The van der Waals surface area contributed by atoms with Crippen LogP contribution in [0, 0.1) is 11.8 Å². The highest BCUT2D eigenvalue weighted by Crippen LogP contribution is 2.51. The maximum atomic E-state index is 9.79. The van der Waals surface area contributed by atoms with E-state index in [9.17, 15) is 10.2 Å². The summed E-state index contributed by atoms with van der Waals surface area (Å²) >= 11 is 0. The SMILES string of the molecule is CC1(O)CC2CC(C)(O)CC2C1.O. The standard InChI is InChI=1S/C10H18O2.H2O/c1-9(11)3-7-5-10(2,12)6-8(7)4-9;/h7-8,11-12H,3-6H2,1-2H3;1H2. The predicted octanol–water partition coefficient (Wildman–Crippen LogP) is 0.484. The monoisotopic (exact) mass is 188 g/mol. The maximum absolute atomic E-state index is 9.79. The van der Waals surface area contributed by atoms with Gasteiger partial charge in [-0.1, -0.05) is 0 Å². The molecule has 0 spiro atoms. The van der Waals surface area contributed by atoms with Gasteiger partial charge in [-0.2, -0.15) is 0 Å². The molecule has 0 saturated heterocycles. The number of rotatable bonds is 0. The highest BCUT2D eigenvalue weighted by Gasteiger charge is 2.49. The largest absolute Gasteiger partial charge is 0.412 e. The van der Waals surface area contributed by atoms with Crippen LogP contribution >= 0.6 is 0 Å². The third kappa shape index (κ3) is 2.03. The molecule has 4 N–H and O–H groups in total. The number of aliphatic hydroxyl groups is 2. The molecular weight excluding hydrogens is 168 g/mol. The van der Waals surface area contributed by atoms with Crippen molar-refractivity contribution in [2.75, 3.05) is 0 Å². The smallest absolute Gasteiger partial charge is 0.0625 e. The molecule has 0 amide bonds. The van der Waals surface area contributed by atoms with Crippen LogP contribution in [0.25, 0.3) is 0 Å². The fourth-order valence-corrected chi connectivity index (χ4v) is 3.24. The van der Waals surface area contributed by atoms with E-state index in [1.807, 2.05) is 13.8 Å². The number of hydrogen-bond donors (Lipinski definition) is 2. The zero-order valence-electron chi connectivity index (χ0n) is 8.38. The van der Waals surface area contributed by atoms with Gasteiger partial charge < -0.3 is 15.7 Å². The van der Waals surface area contributed by atoms with E-state index in [1.165, 1.54) is 0 Å². The summed E-state index contributed by atoms with van der Waals surface area (Å²) in [5.41, 5.74) is -0.905. The molecule has 2 aliphatic carbocycles. The summed E-state index contributed by atoms with van der Waals surface area (Å²) < 4.78 is 0. The molecule has 0 aliphatic heterocycles. The first-order valence-electron chi connectivity index (χ1n) is 4.83. The molecule has 0 aromatic rings. The Labute approximate surface area is 79.1 Å². The van der Waals surface area contributed by atoms with Crippen molar-refractivity contribution in [3.63, 3.8) is 0 Å². The van der Waals surface area contributed by atoms with E-state index in [4.69, 9.17) is 0 Å². The van der Waals surface area contributed by atoms with Gasteiger partial charge in [0.05, 0.1) is 11.2 Å². The first-order valence-corrected chi connectivity index (χ1v) is 4.83. The fourth-order valence-electron chi connectivity index (χ4n) is 3.24. The Kier molecular flexibility index (Phi) is 2.48. The van der Waals surface area contributed by atoms with E-state index in [-0.39, 0.29) is 5.48 Å². The quantitative estimate of drug-likeness (QED) is 0.580. The van der Waals surface area contributed by atoms with Crippen LogP contribution in [0.3, 0.4) is 0 Å². The van der Waals surface area contributed by atoms with E-state index < -0.39 is 11.2 Å². The van der Waals surface area contributed by atoms with Crippen molar-refractivity contribution in [2.24, 2.45) is 11.8 Å². The third-order valence-electron chi connectivity index (χ3n) is 3.47. The van der Waals surface area contributed by atoms with E-state index in [1.54, 1.807) is 0 Å². The molecule has 0 heterocycles. The van der Waals surface area contributed by atoms with Gasteiger partial charge in [0.1, 0.15) is 0 Å². The predicted molar refractivity (Wildman–Crippen MR) is 50.3 cm³/mol. The third-order valence-corrected chi connectivity index (χ3v) is 3.47. The molecule has 0 atom stereocenters. The average Bonchev–Trinajstić information content (AvgIpc) is 2.12. The highest BCUT2D eigenvalue weighted by atomic mass is 16.3. The van der Waals surface area contributed by atoms with Crippen LogP contribution in [0.4, 0.5) is 0 Å². The molecule has 0 radical (unpaired) electrons. The first-order chi connectivity index (χ1) is 5.38. The maximum Gasteiger partial charge on any atom is 0.0625 e. The van der Waals surface area contributed by atoms with Gasteiger partial charge in [-0.25, -0.2) is 0 Å². The summed E-state index contributed by atoms with van der Waals surface area (Å²) in [5, 5.41) is 19.6. The molecule has 2 rings (SSSR count). The van der Waals surface area contributed by atoms with Crippen LogP contribution in [0.15, 0.2) is 0 Å². The Morgan fingerprint density at radius 3 is 1.31 bits per heavy atom. The van der Waals surface area contributed by atoms with Crippen molar-refractivity contribution in [3.05, 3.63) is 0 Å². The zero-order valence-corrected chi connectivity index (χ0v) is 8.38. The first kappa shape index (κ1) is 11.0. The molecule has 0 bridgehead atoms. The Bertz CT molecular complexity index is 160. The van der Waals surface area contributed by atoms with E-state index >= 15 is 0 Å². The van der Waals surface area contributed by atoms with E-state index in [2.05, 4.69) is 0 Å². The minimum absolute atomic E-state index is 0. The van der Waals surface area contributed by atoms with Gasteiger partial charge in [0, 0.05) is 0 Å². The molecule has 2 fully saturated rings. The van der Waals surface area contributed by atoms with Gasteiger partial charge in [0.2, 0.25) is 0 Å². The summed E-state index contributed by atoms with van der Waals surface area (Å²) in [6.45, 7) is 3.83. The van der Waals surface area contributed by atoms with Crippen LogP contribution in [-0.4, -0.2) is 26.9 Å². The Hall–Kier alpha value is -0.120. The van der Waals surface area contributed by atoms with Crippen LogP contribution in [0.2, 0.25) is 0 Å². The van der Waals surface area contributed by atoms with Crippen LogP contribution in [-0.2, 0) is 0 Å². The summed E-state index contributed by atoms with van der Waals surface area (Å²) in [7, 11) is 0. The second-order valence-corrected chi connectivity index (χ2v) is 5.33. The molecule has 3 heteroatoms. The van der Waals surface area contributed by atoms with Crippen molar-refractivity contribution in [1.29, 1.82) is 0 Å². The molecular formula is C10H20O3. The van der Waals surface area contributed by atoms with Crippen LogP contribution in [0.1, 0.15) is 39.5 Å². The second kappa shape index (κ2) is 2.94. The van der Waals surface area contributed by atoms with Crippen molar-refractivity contribution in [1.82, 2.24) is 0 Å². The fraction of sp³-hybridized carbons (Fsp3) is 1.00. The zero-order chi connectivity index (χ0) is 8.98. The molecule has 2 aliphatic rings. The van der Waals surface area contributed by atoms with Crippen molar-refractivity contribution in [2.45, 2.75) is 50.7 Å². The Morgan fingerprint density at radius 2 is 1.08 bits per heavy atom. The van der Waals surface area contributed by atoms with Crippen LogP contribution < -0.4 is 0 Å². The minimum Gasteiger partial charge on any atom is -0.412 e. The normalized spacial score (nSPS) is 54.5. The van der Waals surface area contributed by atoms with Gasteiger partial charge in [0.15, 0.2) is 0 Å². The number of hydrogen-bond acceptors (Lipinski definition) is 2. The van der Waals surface area contributed by atoms with Gasteiger partial charge in [-0.15, -0.1) is 0 Å². The highest BCUT2D eigenvalue weighted by molar-refractivity contribution is 5.01. The van der Waals surface area contributed by atoms with Gasteiger partial charge in [-0.3, -0.25) is 0 Å². The lowest BCUT2D eigenvalue weighted by atomic mass is 9.95. The minimum atomic E-state index is -0.453. The molecule has 0 aromatic carbocycles. The van der Waals surface area contributed by atoms with E-state index in [0.29, 0.717) is 11.8 Å². The second-order valence-electron chi connectivity index (χ2n) is 5.33. The summed E-state index contributed by atoms with van der Waals surface area (Å²) in [6, 6.07) is 0. The lowest BCUT2D eigenvalue weighted by Crippen LogP contribution is -2.25. The summed E-state index contributed by atoms with van der Waals surface area (Å²) in [6.07, 6.45) is 3.53. The molecule has 3 nitrogen and oxygen atoms in total. The van der Waals surface area contributed by atoms with Crippen molar-refractivity contribution >= 4 is 0 Å². The lowest BCUT2D eigenvalue weighted by Gasteiger charge is -2.22. The topological polar surface area (TPSA) is 72.0 Å². The average molecular weight is 188 g/mol. The Balaban J connectivity index is 0.000000845. The van der Waals surface area contributed by atoms with Gasteiger partial charge >= 0.3 is 0 Å². The van der Waals surface area contributed by atoms with Crippen LogP contribution in [0.5, 0.6) is 0 Å². The summed E-state index contributed by atoms with van der Waals surface area (Å²) in [5.74, 6) is 1.13. The Morgan fingerprint density at radius 1 is 0.846 bits per heavy atom. The summed E-state index contributed by atoms with van der Waals surface area (Å²) in [4.78, 5) is 0. The molecule has 0 unspecified atom stereocenters. The molecule has 2 saturated carbocycles.